The van der Waals surface area contributed by atoms with Crippen LogP contribution in [0.1, 0.15) is 15.9 Å². The van der Waals surface area contributed by atoms with Gasteiger partial charge in [-0.05, 0) is 60.7 Å². The van der Waals surface area contributed by atoms with Gasteiger partial charge in [0.25, 0.3) is 0 Å². The normalized spacial score (nSPS) is 10.8. The molecule has 0 aliphatic heterocycles. The Morgan fingerprint density at radius 2 is 1.29 bits per heavy atom. The lowest BCUT2D eigenvalue weighted by Gasteiger charge is -2.10. The summed E-state index contributed by atoms with van der Waals surface area (Å²) < 4.78 is 0. The molecule has 31 heavy (non-hydrogen) atoms. The molecule has 6 heteroatoms. The average molecular weight is 502 g/mol. The Hall–Kier alpha value is -1.88. The number of benzene rings is 4. The summed E-state index contributed by atoms with van der Waals surface area (Å²) in [6.45, 7) is 0. The number of halogens is 3. The van der Waals surface area contributed by atoms with E-state index in [0.717, 1.165) is 19.6 Å². The maximum absolute atomic E-state index is 12.7. The Balaban J connectivity index is 1.54. The Kier molecular flexibility index (Phi) is 7.31. The molecule has 4 aromatic carbocycles. The second-order valence-electron chi connectivity index (χ2n) is 6.59. The summed E-state index contributed by atoms with van der Waals surface area (Å²) in [5, 5.41) is 1.87. The van der Waals surface area contributed by atoms with Crippen LogP contribution in [-0.2, 0) is 0 Å². The molecule has 4 aromatic rings. The number of ketones is 1. The minimum atomic E-state index is -0.0570. The van der Waals surface area contributed by atoms with Gasteiger partial charge in [-0.15, -0.1) is 0 Å². The maximum atomic E-state index is 12.7. The highest BCUT2D eigenvalue weighted by Gasteiger charge is 2.13. The highest BCUT2D eigenvalue weighted by Crippen LogP contribution is 2.40. The molecule has 0 heterocycles. The quantitative estimate of drug-likeness (QED) is 0.245. The molecule has 4 rings (SSSR count). The van der Waals surface area contributed by atoms with Crippen molar-refractivity contribution in [3.05, 3.63) is 117 Å². The second kappa shape index (κ2) is 10.2. The van der Waals surface area contributed by atoms with Crippen LogP contribution in [0.5, 0.6) is 0 Å². The molecule has 0 spiro atoms. The van der Waals surface area contributed by atoms with E-state index in [-0.39, 0.29) is 5.78 Å². The average Bonchev–Trinajstić information content (AvgIpc) is 2.79. The predicted octanol–water partition coefficient (Wildman–Crippen LogP) is 9.18. The summed E-state index contributed by atoms with van der Waals surface area (Å²) in [7, 11) is 0. The molecule has 0 atom stereocenters. The minimum Gasteiger partial charge on any atom is -0.289 e. The molecule has 0 aromatic heterocycles. The van der Waals surface area contributed by atoms with Crippen molar-refractivity contribution in [2.24, 2.45) is 0 Å². The minimum absolute atomic E-state index is 0.0570. The molecule has 0 saturated heterocycles. The zero-order chi connectivity index (χ0) is 21.8. The summed E-state index contributed by atoms with van der Waals surface area (Å²) in [6, 6.07) is 28.1. The van der Waals surface area contributed by atoms with Gasteiger partial charge in [0.15, 0.2) is 5.78 Å². The van der Waals surface area contributed by atoms with Gasteiger partial charge in [0, 0.05) is 35.7 Å². The Labute approximate surface area is 204 Å². The highest BCUT2D eigenvalue weighted by molar-refractivity contribution is 8.00. The molecular weight excluding hydrogens is 487 g/mol. The maximum Gasteiger partial charge on any atom is 0.193 e. The predicted molar refractivity (Wildman–Crippen MR) is 132 cm³/mol. The van der Waals surface area contributed by atoms with Gasteiger partial charge in [0.05, 0.1) is 10.0 Å². The van der Waals surface area contributed by atoms with Crippen LogP contribution in [0.3, 0.4) is 0 Å². The van der Waals surface area contributed by atoms with Crippen LogP contribution in [0.25, 0.3) is 0 Å². The number of hydrogen-bond donors (Lipinski definition) is 0. The SMILES string of the molecule is O=C(c1ccccc1)c1ccc(Sc2cc(Sc3ccc(Cl)cc3)ccc2Cl)c(Cl)c1. The Bertz CT molecular complexity index is 1230. The van der Waals surface area contributed by atoms with Crippen molar-refractivity contribution in [3.63, 3.8) is 0 Å². The van der Waals surface area contributed by atoms with Crippen LogP contribution in [-0.4, -0.2) is 5.78 Å². The molecule has 154 valence electrons. The van der Waals surface area contributed by atoms with Crippen molar-refractivity contribution >= 4 is 64.1 Å². The molecule has 1 nitrogen and oxygen atoms in total. The van der Waals surface area contributed by atoms with E-state index in [2.05, 4.69) is 0 Å². The van der Waals surface area contributed by atoms with Crippen LogP contribution in [0.15, 0.2) is 111 Å². The van der Waals surface area contributed by atoms with E-state index in [9.17, 15) is 4.79 Å². The van der Waals surface area contributed by atoms with E-state index >= 15 is 0 Å². The molecule has 0 unspecified atom stereocenters. The highest BCUT2D eigenvalue weighted by atomic mass is 35.5. The zero-order valence-electron chi connectivity index (χ0n) is 16.0. The van der Waals surface area contributed by atoms with Crippen LogP contribution >= 0.6 is 58.3 Å². The van der Waals surface area contributed by atoms with Crippen LogP contribution < -0.4 is 0 Å². The lowest BCUT2D eigenvalue weighted by atomic mass is 10.0. The molecular formula is C25H15Cl3OS2. The van der Waals surface area contributed by atoms with Gasteiger partial charge >= 0.3 is 0 Å². The van der Waals surface area contributed by atoms with Crippen molar-refractivity contribution in [1.82, 2.24) is 0 Å². The first kappa shape index (κ1) is 22.3. The van der Waals surface area contributed by atoms with E-state index in [0.29, 0.717) is 26.2 Å². The fourth-order valence-corrected chi connectivity index (χ4v) is 5.33. The van der Waals surface area contributed by atoms with E-state index < -0.39 is 0 Å². The van der Waals surface area contributed by atoms with E-state index in [1.165, 1.54) is 11.8 Å². The van der Waals surface area contributed by atoms with Gasteiger partial charge in [0.1, 0.15) is 0 Å². The van der Waals surface area contributed by atoms with Gasteiger partial charge in [-0.1, -0.05) is 88.7 Å². The molecule has 0 saturated carbocycles. The molecule has 0 aliphatic carbocycles. The van der Waals surface area contributed by atoms with Crippen molar-refractivity contribution in [3.8, 4) is 0 Å². The first-order valence-electron chi connectivity index (χ1n) is 9.30. The number of carbonyl (C=O) groups excluding carboxylic acids is 1. The summed E-state index contributed by atoms with van der Waals surface area (Å²) in [6.07, 6.45) is 0. The first-order valence-corrected chi connectivity index (χ1v) is 12.1. The third-order valence-electron chi connectivity index (χ3n) is 4.40. The number of hydrogen-bond acceptors (Lipinski definition) is 3. The topological polar surface area (TPSA) is 17.1 Å². The molecule has 0 fully saturated rings. The third kappa shape index (κ3) is 5.68. The van der Waals surface area contributed by atoms with Crippen LogP contribution in [0.4, 0.5) is 0 Å². The molecule has 0 N–H and O–H groups in total. The third-order valence-corrected chi connectivity index (χ3v) is 7.65. The second-order valence-corrected chi connectivity index (χ2v) is 10.1. The van der Waals surface area contributed by atoms with Gasteiger partial charge in [-0.3, -0.25) is 4.79 Å². The van der Waals surface area contributed by atoms with E-state index in [4.69, 9.17) is 34.8 Å². The van der Waals surface area contributed by atoms with Crippen molar-refractivity contribution < 1.29 is 4.79 Å². The smallest absolute Gasteiger partial charge is 0.193 e. The van der Waals surface area contributed by atoms with Crippen LogP contribution in [0, 0.1) is 0 Å². The lowest BCUT2D eigenvalue weighted by molar-refractivity contribution is 0.103. The summed E-state index contributed by atoms with van der Waals surface area (Å²) in [4.78, 5) is 16.5. The van der Waals surface area contributed by atoms with E-state index in [1.807, 2.05) is 66.7 Å². The zero-order valence-corrected chi connectivity index (χ0v) is 19.9. The summed E-state index contributed by atoms with van der Waals surface area (Å²) >= 11 is 22.0. The summed E-state index contributed by atoms with van der Waals surface area (Å²) in [5.74, 6) is -0.0570. The Morgan fingerprint density at radius 3 is 2.00 bits per heavy atom. The number of carbonyl (C=O) groups is 1. The van der Waals surface area contributed by atoms with Crippen molar-refractivity contribution in [1.29, 1.82) is 0 Å². The van der Waals surface area contributed by atoms with Gasteiger partial charge in [-0.2, -0.15) is 0 Å². The molecule has 0 bridgehead atoms. The van der Waals surface area contributed by atoms with Crippen molar-refractivity contribution in [2.75, 3.05) is 0 Å². The largest absolute Gasteiger partial charge is 0.289 e. The molecule has 0 aliphatic rings. The van der Waals surface area contributed by atoms with Gasteiger partial charge in [0.2, 0.25) is 0 Å². The Morgan fingerprint density at radius 1 is 0.581 bits per heavy atom. The van der Waals surface area contributed by atoms with Gasteiger partial charge < -0.3 is 0 Å². The monoisotopic (exact) mass is 500 g/mol. The fourth-order valence-electron chi connectivity index (χ4n) is 2.86. The molecule has 0 radical (unpaired) electrons. The van der Waals surface area contributed by atoms with Crippen LogP contribution in [0.2, 0.25) is 15.1 Å². The lowest BCUT2D eigenvalue weighted by Crippen LogP contribution is -2.00. The number of rotatable bonds is 6. The van der Waals surface area contributed by atoms with Gasteiger partial charge in [-0.25, -0.2) is 0 Å². The fraction of sp³-hybridized carbons (Fsp3) is 0. The molecule has 0 amide bonds. The standard InChI is InChI=1S/C25H15Cl3OS2/c26-18-7-9-19(10-8-18)30-20-11-12-21(27)24(15-20)31-23-13-6-17(14-22(23)28)25(29)16-4-2-1-3-5-16/h1-15H. The van der Waals surface area contributed by atoms with Crippen molar-refractivity contribution in [2.45, 2.75) is 19.6 Å². The summed E-state index contributed by atoms with van der Waals surface area (Å²) in [5.41, 5.74) is 1.19. The van der Waals surface area contributed by atoms with E-state index in [1.54, 1.807) is 36.0 Å². The first-order chi connectivity index (χ1) is 15.0.